The van der Waals surface area contributed by atoms with Gasteiger partial charge in [-0.2, -0.15) is 4.91 Å². The number of pyridine rings is 2. The van der Waals surface area contributed by atoms with E-state index in [1.165, 1.54) is 0 Å². The Labute approximate surface area is 209 Å². The van der Waals surface area contributed by atoms with Gasteiger partial charge in [0.15, 0.2) is 0 Å². The van der Waals surface area contributed by atoms with Gasteiger partial charge in [-0.15, -0.1) is 0 Å². The standard InChI is InChI=1S/C28H26N6O2/c35-28(34-24-3-1-2-23(17-24)32-22-10-13-29-14-11-22)20-5-7-21(8-6-20)33-27-12-15-30-26-9-4-19(18-31-36)16-25(26)27/h1-3,5-8,10-15,17,19H,4,9,16,18H2,(H,29,32)(H,30,33)(H,34,35). The van der Waals surface area contributed by atoms with E-state index in [0.29, 0.717) is 17.8 Å². The summed E-state index contributed by atoms with van der Waals surface area (Å²) < 4.78 is 0. The minimum Gasteiger partial charge on any atom is -0.355 e. The summed E-state index contributed by atoms with van der Waals surface area (Å²) >= 11 is 0. The fraction of sp³-hybridized carbons (Fsp3) is 0.179. The highest BCUT2D eigenvalue weighted by molar-refractivity contribution is 6.04. The molecule has 0 saturated heterocycles. The van der Waals surface area contributed by atoms with E-state index in [-0.39, 0.29) is 11.8 Å². The Bertz CT molecular complexity index is 1360. The zero-order valence-corrected chi connectivity index (χ0v) is 19.6. The molecule has 1 aliphatic carbocycles. The summed E-state index contributed by atoms with van der Waals surface area (Å²) in [5.41, 5.74) is 7.10. The van der Waals surface area contributed by atoms with Crippen molar-refractivity contribution in [2.75, 3.05) is 22.5 Å². The molecule has 0 saturated carbocycles. The number of hydrogen-bond acceptors (Lipinski definition) is 7. The van der Waals surface area contributed by atoms with Crippen molar-refractivity contribution in [2.24, 2.45) is 11.1 Å². The monoisotopic (exact) mass is 478 g/mol. The zero-order valence-electron chi connectivity index (χ0n) is 19.6. The van der Waals surface area contributed by atoms with E-state index >= 15 is 0 Å². The number of benzene rings is 2. The van der Waals surface area contributed by atoms with Gasteiger partial charge in [0, 0.05) is 58.3 Å². The second kappa shape index (κ2) is 10.8. The normalized spacial score (nSPS) is 14.4. The van der Waals surface area contributed by atoms with E-state index < -0.39 is 0 Å². The number of aryl methyl sites for hydroxylation is 1. The van der Waals surface area contributed by atoms with Crippen LogP contribution in [0.1, 0.15) is 28.0 Å². The maximum atomic E-state index is 12.8. The molecule has 180 valence electrons. The first-order valence-electron chi connectivity index (χ1n) is 11.9. The number of nitrogens with zero attached hydrogens (tertiary/aromatic N) is 3. The first-order chi connectivity index (χ1) is 17.7. The van der Waals surface area contributed by atoms with Crippen molar-refractivity contribution >= 4 is 34.3 Å². The van der Waals surface area contributed by atoms with Crippen molar-refractivity contribution in [1.82, 2.24) is 9.97 Å². The van der Waals surface area contributed by atoms with Gasteiger partial charge >= 0.3 is 0 Å². The summed E-state index contributed by atoms with van der Waals surface area (Å²) in [6.07, 6.45) is 7.81. The smallest absolute Gasteiger partial charge is 0.255 e. The predicted molar refractivity (Wildman–Crippen MR) is 142 cm³/mol. The Hall–Kier alpha value is -4.59. The molecule has 8 heteroatoms. The number of anilines is 5. The molecule has 3 N–H and O–H groups in total. The van der Waals surface area contributed by atoms with E-state index in [2.05, 4.69) is 31.1 Å². The number of carbonyl (C=O) groups excluding carboxylic acids is 1. The molecular weight excluding hydrogens is 452 g/mol. The zero-order chi connectivity index (χ0) is 24.7. The van der Waals surface area contributed by atoms with Crippen molar-refractivity contribution < 1.29 is 4.79 Å². The van der Waals surface area contributed by atoms with Crippen molar-refractivity contribution in [3.05, 3.63) is 107 Å². The second-order valence-electron chi connectivity index (χ2n) is 8.80. The molecule has 0 fully saturated rings. The highest BCUT2D eigenvalue weighted by Gasteiger charge is 2.22. The van der Waals surface area contributed by atoms with Gasteiger partial charge in [0.2, 0.25) is 0 Å². The number of hydrogen-bond donors (Lipinski definition) is 3. The lowest BCUT2D eigenvalue weighted by atomic mass is 9.86. The second-order valence-corrected chi connectivity index (χ2v) is 8.80. The third kappa shape index (κ3) is 5.55. The summed E-state index contributed by atoms with van der Waals surface area (Å²) in [6, 6.07) is 20.6. The van der Waals surface area contributed by atoms with Gasteiger partial charge in [-0.3, -0.25) is 14.8 Å². The summed E-state index contributed by atoms with van der Waals surface area (Å²) in [6.45, 7) is 0.334. The van der Waals surface area contributed by atoms with Crippen LogP contribution in [-0.4, -0.2) is 22.4 Å². The number of rotatable bonds is 8. The molecule has 0 radical (unpaired) electrons. The molecule has 2 heterocycles. The molecule has 2 aromatic heterocycles. The molecule has 1 unspecified atom stereocenters. The van der Waals surface area contributed by atoms with E-state index in [1.54, 1.807) is 30.7 Å². The fourth-order valence-corrected chi connectivity index (χ4v) is 4.43. The summed E-state index contributed by atoms with van der Waals surface area (Å²) in [4.78, 5) is 32.1. The Balaban J connectivity index is 1.24. The van der Waals surface area contributed by atoms with Gasteiger partial charge in [0.1, 0.15) is 0 Å². The molecule has 1 aliphatic rings. The minimum atomic E-state index is -0.187. The molecule has 0 aliphatic heterocycles. The minimum absolute atomic E-state index is 0.187. The fourth-order valence-electron chi connectivity index (χ4n) is 4.43. The SMILES string of the molecule is O=NCC1CCc2nccc(Nc3ccc(C(=O)Nc4cccc(Nc5ccncc5)c4)cc3)c2C1. The molecule has 4 aromatic rings. The van der Waals surface area contributed by atoms with Gasteiger partial charge in [-0.1, -0.05) is 11.2 Å². The van der Waals surface area contributed by atoms with Crippen LogP contribution in [0.3, 0.4) is 0 Å². The quantitative estimate of drug-likeness (QED) is 0.265. The third-order valence-corrected chi connectivity index (χ3v) is 6.28. The van der Waals surface area contributed by atoms with Gasteiger partial charge < -0.3 is 16.0 Å². The average molecular weight is 479 g/mol. The summed E-state index contributed by atoms with van der Waals surface area (Å²) in [7, 11) is 0. The number of nitroso groups, excluding NO2 is 1. The highest BCUT2D eigenvalue weighted by Crippen LogP contribution is 2.31. The van der Waals surface area contributed by atoms with Crippen LogP contribution in [0.2, 0.25) is 0 Å². The van der Waals surface area contributed by atoms with Crippen LogP contribution in [-0.2, 0) is 12.8 Å². The lowest BCUT2D eigenvalue weighted by Crippen LogP contribution is -2.19. The van der Waals surface area contributed by atoms with E-state index in [9.17, 15) is 9.70 Å². The van der Waals surface area contributed by atoms with Crippen LogP contribution in [0.25, 0.3) is 0 Å². The number of nitrogens with one attached hydrogen (secondary N) is 3. The van der Waals surface area contributed by atoms with Crippen LogP contribution in [0, 0.1) is 10.8 Å². The first kappa shape index (κ1) is 23.2. The number of carbonyl (C=O) groups is 1. The van der Waals surface area contributed by atoms with E-state index in [4.69, 9.17) is 0 Å². The van der Waals surface area contributed by atoms with Gasteiger partial charge in [0.25, 0.3) is 5.91 Å². The molecule has 36 heavy (non-hydrogen) atoms. The molecule has 5 rings (SSSR count). The number of aromatic nitrogens is 2. The Kier molecular flexibility index (Phi) is 6.93. The lowest BCUT2D eigenvalue weighted by molar-refractivity contribution is 0.102. The van der Waals surface area contributed by atoms with Gasteiger partial charge in [-0.25, -0.2) is 0 Å². The van der Waals surface area contributed by atoms with Crippen LogP contribution >= 0.6 is 0 Å². The molecule has 8 nitrogen and oxygen atoms in total. The molecule has 1 amide bonds. The van der Waals surface area contributed by atoms with Crippen LogP contribution in [0.4, 0.5) is 28.4 Å². The van der Waals surface area contributed by atoms with E-state index in [0.717, 1.165) is 53.3 Å². The van der Waals surface area contributed by atoms with Crippen molar-refractivity contribution in [3.63, 3.8) is 0 Å². The Morgan fingerprint density at radius 3 is 2.47 bits per heavy atom. The molecule has 0 spiro atoms. The third-order valence-electron chi connectivity index (χ3n) is 6.28. The molecular formula is C28H26N6O2. The van der Waals surface area contributed by atoms with Crippen LogP contribution in [0.15, 0.2) is 90.5 Å². The van der Waals surface area contributed by atoms with Crippen LogP contribution < -0.4 is 16.0 Å². The largest absolute Gasteiger partial charge is 0.355 e. The summed E-state index contributed by atoms with van der Waals surface area (Å²) in [5.74, 6) is 0.0670. The van der Waals surface area contributed by atoms with Crippen molar-refractivity contribution in [1.29, 1.82) is 0 Å². The van der Waals surface area contributed by atoms with Crippen LogP contribution in [0.5, 0.6) is 0 Å². The van der Waals surface area contributed by atoms with Gasteiger partial charge in [-0.05, 0) is 91.4 Å². The topological polar surface area (TPSA) is 108 Å². The lowest BCUT2D eigenvalue weighted by Gasteiger charge is -2.24. The maximum absolute atomic E-state index is 12.8. The average Bonchev–Trinajstić information content (AvgIpc) is 2.90. The highest BCUT2D eigenvalue weighted by atomic mass is 16.3. The summed E-state index contributed by atoms with van der Waals surface area (Å²) in [5, 5.41) is 12.8. The van der Waals surface area contributed by atoms with Crippen molar-refractivity contribution in [3.8, 4) is 0 Å². The molecule has 2 aromatic carbocycles. The van der Waals surface area contributed by atoms with E-state index in [1.807, 2.05) is 54.6 Å². The number of fused-ring (bicyclic) bond motifs is 1. The first-order valence-corrected chi connectivity index (χ1v) is 11.9. The predicted octanol–water partition coefficient (Wildman–Crippen LogP) is 6.09. The van der Waals surface area contributed by atoms with Crippen molar-refractivity contribution in [2.45, 2.75) is 19.3 Å². The Morgan fingerprint density at radius 1 is 0.889 bits per heavy atom. The molecule has 0 bridgehead atoms. The molecule has 1 atom stereocenters. The van der Waals surface area contributed by atoms with Gasteiger partial charge in [0.05, 0.1) is 6.54 Å². The maximum Gasteiger partial charge on any atom is 0.255 e. The Morgan fingerprint density at radius 2 is 1.67 bits per heavy atom. The number of amides is 1.